The highest BCUT2D eigenvalue weighted by molar-refractivity contribution is 5.84. The van der Waals surface area contributed by atoms with Crippen LogP contribution in [0.3, 0.4) is 0 Å². The van der Waals surface area contributed by atoms with E-state index in [1.807, 2.05) is 36.5 Å². The minimum absolute atomic E-state index is 0.000914. The minimum Gasteiger partial charge on any atom is -0.326 e. The first-order valence-electron chi connectivity index (χ1n) is 7.69. The van der Waals surface area contributed by atoms with Crippen LogP contribution in [0.25, 0.3) is 0 Å². The molecule has 2 atom stereocenters. The number of nitrogens with two attached hydrogens (primary N) is 1. The van der Waals surface area contributed by atoms with Crippen molar-refractivity contribution in [2.45, 2.75) is 38.6 Å². The van der Waals surface area contributed by atoms with Crippen LogP contribution in [0.4, 0.5) is 0 Å². The first kappa shape index (κ1) is 15.5. The minimum atomic E-state index is -0.217. The van der Waals surface area contributed by atoms with Gasteiger partial charge in [0.15, 0.2) is 0 Å². The van der Waals surface area contributed by atoms with Crippen molar-refractivity contribution in [3.8, 4) is 0 Å². The molecule has 112 valence electrons. The predicted octanol–water partition coefficient (Wildman–Crippen LogP) is 3.13. The molecule has 3 heteroatoms. The van der Waals surface area contributed by atoms with E-state index in [1.165, 1.54) is 18.4 Å². The number of allylic oxidation sites excluding steroid dienone is 5. The highest BCUT2D eigenvalue weighted by Crippen LogP contribution is 2.16. The van der Waals surface area contributed by atoms with Gasteiger partial charge in [-0.15, -0.1) is 0 Å². The van der Waals surface area contributed by atoms with Crippen molar-refractivity contribution in [2.75, 3.05) is 0 Å². The fourth-order valence-corrected chi connectivity index (χ4v) is 2.32. The van der Waals surface area contributed by atoms with Gasteiger partial charge in [0.05, 0.1) is 5.92 Å². The van der Waals surface area contributed by atoms with E-state index in [1.54, 1.807) is 0 Å². The van der Waals surface area contributed by atoms with E-state index in [-0.39, 0.29) is 17.9 Å². The first-order valence-corrected chi connectivity index (χ1v) is 7.69. The molecule has 2 aliphatic carbocycles. The van der Waals surface area contributed by atoms with Gasteiger partial charge in [-0.2, -0.15) is 0 Å². The summed E-state index contributed by atoms with van der Waals surface area (Å²) in [6.07, 6.45) is 20.0. The van der Waals surface area contributed by atoms with Crippen molar-refractivity contribution in [3.63, 3.8) is 0 Å². The lowest BCUT2D eigenvalue weighted by Gasteiger charge is -2.14. The van der Waals surface area contributed by atoms with Gasteiger partial charge in [0.1, 0.15) is 0 Å². The summed E-state index contributed by atoms with van der Waals surface area (Å²) in [6, 6.07) is 0.0636. The molecule has 0 aromatic rings. The summed E-state index contributed by atoms with van der Waals surface area (Å²) >= 11 is 0. The molecule has 0 aromatic carbocycles. The molecule has 0 bridgehead atoms. The summed E-state index contributed by atoms with van der Waals surface area (Å²) in [5.41, 5.74) is 7.90. The zero-order chi connectivity index (χ0) is 15.1. The standard InChI is InChI=1S/C18H24N2O/c1-2-3-5-14-6-4-7-15(9-8-14)18(21)20-17-12-10-16(19)11-13-17/h4,6-10,12-13,15-16H,2-3,5,11,19H2,1H3,(H,20,21). The monoisotopic (exact) mass is 284 g/mol. The Morgan fingerprint density at radius 1 is 1.33 bits per heavy atom. The lowest BCUT2D eigenvalue weighted by molar-refractivity contribution is -0.121. The fourth-order valence-electron chi connectivity index (χ4n) is 2.32. The summed E-state index contributed by atoms with van der Waals surface area (Å²) in [4.78, 5) is 12.3. The van der Waals surface area contributed by atoms with Gasteiger partial charge >= 0.3 is 0 Å². The zero-order valence-corrected chi connectivity index (χ0v) is 12.6. The zero-order valence-electron chi connectivity index (χ0n) is 12.6. The number of hydrogen-bond donors (Lipinski definition) is 2. The van der Waals surface area contributed by atoms with Gasteiger partial charge in [-0.25, -0.2) is 0 Å². The van der Waals surface area contributed by atoms with Crippen molar-refractivity contribution in [2.24, 2.45) is 11.7 Å². The van der Waals surface area contributed by atoms with E-state index in [0.29, 0.717) is 0 Å². The first-order chi connectivity index (χ1) is 10.2. The van der Waals surface area contributed by atoms with Crippen LogP contribution < -0.4 is 11.1 Å². The van der Waals surface area contributed by atoms with E-state index in [2.05, 4.69) is 24.4 Å². The van der Waals surface area contributed by atoms with E-state index in [0.717, 1.165) is 18.5 Å². The van der Waals surface area contributed by atoms with Crippen molar-refractivity contribution in [3.05, 3.63) is 59.9 Å². The maximum atomic E-state index is 12.3. The predicted molar refractivity (Wildman–Crippen MR) is 87.3 cm³/mol. The Morgan fingerprint density at radius 2 is 2.19 bits per heavy atom. The van der Waals surface area contributed by atoms with Crippen LogP contribution in [0.15, 0.2) is 59.9 Å². The molecule has 21 heavy (non-hydrogen) atoms. The number of carbonyl (C=O) groups is 1. The average Bonchev–Trinajstić information content (AvgIpc) is 2.73. The molecule has 1 amide bonds. The topological polar surface area (TPSA) is 55.1 Å². The molecule has 0 aliphatic heterocycles. The van der Waals surface area contributed by atoms with Gasteiger partial charge in [-0.3, -0.25) is 4.79 Å². The molecule has 2 rings (SSSR count). The number of carbonyl (C=O) groups excluding carboxylic acids is 1. The molecule has 2 aliphatic rings. The summed E-state index contributed by atoms with van der Waals surface area (Å²) in [5.74, 6) is -0.218. The van der Waals surface area contributed by atoms with Crippen LogP contribution in [0.1, 0.15) is 32.6 Å². The Balaban J connectivity index is 1.91. The number of unbranched alkanes of at least 4 members (excludes halogenated alkanes) is 1. The van der Waals surface area contributed by atoms with Gasteiger partial charge in [-0.1, -0.05) is 55.9 Å². The average molecular weight is 284 g/mol. The highest BCUT2D eigenvalue weighted by Gasteiger charge is 2.15. The molecule has 3 nitrogen and oxygen atoms in total. The Kier molecular flexibility index (Phi) is 5.76. The molecule has 0 saturated heterocycles. The van der Waals surface area contributed by atoms with Gasteiger partial charge in [0, 0.05) is 11.7 Å². The lowest BCUT2D eigenvalue weighted by Crippen LogP contribution is -2.29. The van der Waals surface area contributed by atoms with Gasteiger partial charge in [-0.05, 0) is 30.9 Å². The Morgan fingerprint density at radius 3 is 2.90 bits per heavy atom. The summed E-state index contributed by atoms with van der Waals surface area (Å²) in [6.45, 7) is 2.18. The second-order valence-corrected chi connectivity index (χ2v) is 5.52. The maximum absolute atomic E-state index is 12.3. The second kappa shape index (κ2) is 7.79. The van der Waals surface area contributed by atoms with Crippen LogP contribution in [0.5, 0.6) is 0 Å². The molecule has 0 fully saturated rings. The van der Waals surface area contributed by atoms with Crippen LogP contribution in [-0.2, 0) is 4.79 Å². The van der Waals surface area contributed by atoms with Crippen LogP contribution in [0, 0.1) is 5.92 Å². The van der Waals surface area contributed by atoms with Gasteiger partial charge in [0.2, 0.25) is 5.91 Å². The van der Waals surface area contributed by atoms with Crippen LogP contribution in [-0.4, -0.2) is 11.9 Å². The Hall–Kier alpha value is -1.87. The number of amides is 1. The van der Waals surface area contributed by atoms with E-state index >= 15 is 0 Å². The summed E-state index contributed by atoms with van der Waals surface area (Å²) in [5, 5.41) is 2.95. The number of rotatable bonds is 5. The quantitative estimate of drug-likeness (QED) is 0.815. The highest BCUT2D eigenvalue weighted by atomic mass is 16.1. The third-order valence-electron chi connectivity index (χ3n) is 3.67. The smallest absolute Gasteiger partial charge is 0.235 e. The molecule has 0 radical (unpaired) electrons. The lowest BCUT2D eigenvalue weighted by atomic mass is 10.0. The van der Waals surface area contributed by atoms with E-state index in [4.69, 9.17) is 5.73 Å². The molecular formula is C18H24N2O. The molecule has 0 aromatic heterocycles. The van der Waals surface area contributed by atoms with Crippen LogP contribution in [0.2, 0.25) is 0 Å². The molecule has 2 unspecified atom stereocenters. The molecule has 3 N–H and O–H groups in total. The molecule has 0 heterocycles. The van der Waals surface area contributed by atoms with Crippen molar-refractivity contribution < 1.29 is 4.79 Å². The summed E-state index contributed by atoms with van der Waals surface area (Å²) in [7, 11) is 0. The fraction of sp³-hybridized carbons (Fsp3) is 0.389. The maximum Gasteiger partial charge on any atom is 0.235 e. The molecular weight excluding hydrogens is 260 g/mol. The Bertz CT molecular complexity index is 523. The third-order valence-corrected chi connectivity index (χ3v) is 3.67. The van der Waals surface area contributed by atoms with Crippen LogP contribution >= 0.6 is 0 Å². The van der Waals surface area contributed by atoms with Crippen molar-refractivity contribution in [1.29, 1.82) is 0 Å². The third kappa shape index (κ3) is 4.87. The second-order valence-electron chi connectivity index (χ2n) is 5.52. The van der Waals surface area contributed by atoms with Gasteiger partial charge in [0.25, 0.3) is 0 Å². The molecule has 0 spiro atoms. The SMILES string of the molecule is CCCCC1=CC=CC(C(=O)NC2=CCC(N)C=C2)C=C1. The van der Waals surface area contributed by atoms with Gasteiger partial charge < -0.3 is 11.1 Å². The van der Waals surface area contributed by atoms with Crippen molar-refractivity contribution in [1.82, 2.24) is 5.32 Å². The van der Waals surface area contributed by atoms with E-state index < -0.39 is 0 Å². The number of nitrogens with one attached hydrogen (secondary N) is 1. The van der Waals surface area contributed by atoms with E-state index in [9.17, 15) is 4.79 Å². The number of hydrogen-bond acceptors (Lipinski definition) is 2. The largest absolute Gasteiger partial charge is 0.326 e. The summed E-state index contributed by atoms with van der Waals surface area (Å²) < 4.78 is 0. The Labute approximate surface area is 127 Å². The molecule has 0 saturated carbocycles. The normalized spacial score (nSPS) is 24.3. The van der Waals surface area contributed by atoms with Crippen molar-refractivity contribution >= 4 is 5.91 Å².